The van der Waals surface area contributed by atoms with Crippen LogP contribution in [0.15, 0.2) is 48.0 Å². The standard InChI is InChI=1S/C17H18N2S/c1-12-4-3-5-14(8-12)10-18-13(2)15-9-17-16(19-11-15)6-7-20-17/h3-9,11,13,18H,10H2,1-2H3. The van der Waals surface area contributed by atoms with Crippen molar-refractivity contribution in [2.24, 2.45) is 0 Å². The number of pyridine rings is 1. The number of nitrogens with zero attached hydrogens (tertiary/aromatic N) is 1. The Kier molecular flexibility index (Phi) is 3.81. The fourth-order valence-corrected chi connectivity index (χ4v) is 3.10. The second-order valence-electron chi connectivity index (χ2n) is 5.16. The van der Waals surface area contributed by atoms with Crippen LogP contribution in [0.25, 0.3) is 10.2 Å². The van der Waals surface area contributed by atoms with Crippen LogP contribution in [0.5, 0.6) is 0 Å². The zero-order valence-corrected chi connectivity index (χ0v) is 12.6. The number of hydrogen-bond donors (Lipinski definition) is 1. The molecule has 0 aliphatic rings. The van der Waals surface area contributed by atoms with E-state index < -0.39 is 0 Å². The van der Waals surface area contributed by atoms with Gasteiger partial charge >= 0.3 is 0 Å². The smallest absolute Gasteiger partial charge is 0.0809 e. The SMILES string of the molecule is Cc1cccc(CNC(C)c2cnc3ccsc3c2)c1. The molecule has 0 saturated carbocycles. The molecule has 1 unspecified atom stereocenters. The summed E-state index contributed by atoms with van der Waals surface area (Å²) >= 11 is 1.75. The average molecular weight is 282 g/mol. The van der Waals surface area contributed by atoms with Gasteiger partial charge in [-0.2, -0.15) is 0 Å². The highest BCUT2D eigenvalue weighted by atomic mass is 32.1. The van der Waals surface area contributed by atoms with E-state index in [9.17, 15) is 0 Å². The minimum atomic E-state index is 0.300. The summed E-state index contributed by atoms with van der Waals surface area (Å²) in [6, 6.07) is 13.2. The van der Waals surface area contributed by atoms with Gasteiger partial charge in [0.2, 0.25) is 0 Å². The van der Waals surface area contributed by atoms with Crippen molar-refractivity contribution in [1.82, 2.24) is 10.3 Å². The normalized spacial score (nSPS) is 12.7. The minimum absolute atomic E-state index is 0.300. The number of aryl methyl sites for hydroxylation is 1. The maximum atomic E-state index is 4.50. The van der Waals surface area contributed by atoms with Crippen molar-refractivity contribution in [1.29, 1.82) is 0 Å². The van der Waals surface area contributed by atoms with Gasteiger partial charge in [-0.3, -0.25) is 4.98 Å². The molecule has 2 aromatic heterocycles. The van der Waals surface area contributed by atoms with Crippen LogP contribution in [0.1, 0.15) is 29.7 Å². The van der Waals surface area contributed by atoms with Crippen molar-refractivity contribution in [2.75, 3.05) is 0 Å². The molecular weight excluding hydrogens is 264 g/mol. The molecule has 1 atom stereocenters. The van der Waals surface area contributed by atoms with Gasteiger partial charge in [-0.05, 0) is 42.5 Å². The largest absolute Gasteiger partial charge is 0.306 e. The Morgan fingerprint density at radius 3 is 3.00 bits per heavy atom. The molecule has 0 bridgehead atoms. The summed E-state index contributed by atoms with van der Waals surface area (Å²) in [4.78, 5) is 4.50. The second kappa shape index (κ2) is 5.73. The third kappa shape index (κ3) is 2.89. The molecule has 0 radical (unpaired) electrons. The number of aromatic nitrogens is 1. The van der Waals surface area contributed by atoms with Gasteiger partial charge in [0.1, 0.15) is 0 Å². The lowest BCUT2D eigenvalue weighted by Gasteiger charge is -2.14. The summed E-state index contributed by atoms with van der Waals surface area (Å²) in [5.74, 6) is 0. The second-order valence-corrected chi connectivity index (χ2v) is 6.11. The Bertz CT molecular complexity index is 718. The molecular formula is C17H18N2S. The van der Waals surface area contributed by atoms with Gasteiger partial charge in [-0.1, -0.05) is 29.8 Å². The minimum Gasteiger partial charge on any atom is -0.306 e. The highest BCUT2D eigenvalue weighted by molar-refractivity contribution is 7.17. The number of nitrogens with one attached hydrogen (secondary N) is 1. The predicted octanol–water partition coefficient (Wildman–Crippen LogP) is 4.46. The van der Waals surface area contributed by atoms with E-state index in [1.165, 1.54) is 21.4 Å². The highest BCUT2D eigenvalue weighted by Crippen LogP contribution is 2.22. The molecule has 0 amide bonds. The highest BCUT2D eigenvalue weighted by Gasteiger charge is 2.07. The lowest BCUT2D eigenvalue weighted by atomic mass is 10.1. The van der Waals surface area contributed by atoms with Crippen molar-refractivity contribution < 1.29 is 0 Å². The van der Waals surface area contributed by atoms with E-state index in [2.05, 4.69) is 65.9 Å². The van der Waals surface area contributed by atoms with E-state index in [1.807, 2.05) is 6.20 Å². The van der Waals surface area contributed by atoms with E-state index in [0.29, 0.717) is 6.04 Å². The van der Waals surface area contributed by atoms with E-state index >= 15 is 0 Å². The molecule has 0 aliphatic carbocycles. The molecule has 2 heterocycles. The zero-order chi connectivity index (χ0) is 13.9. The zero-order valence-electron chi connectivity index (χ0n) is 11.8. The first-order chi connectivity index (χ1) is 9.72. The Morgan fingerprint density at radius 1 is 1.25 bits per heavy atom. The monoisotopic (exact) mass is 282 g/mol. The molecule has 1 aromatic carbocycles. The Morgan fingerprint density at radius 2 is 2.15 bits per heavy atom. The number of fused-ring (bicyclic) bond motifs is 1. The van der Waals surface area contributed by atoms with Gasteiger partial charge in [0, 0.05) is 18.8 Å². The van der Waals surface area contributed by atoms with Crippen molar-refractivity contribution in [3.63, 3.8) is 0 Å². The van der Waals surface area contributed by atoms with Crippen LogP contribution in [-0.2, 0) is 6.54 Å². The van der Waals surface area contributed by atoms with Gasteiger partial charge in [0.05, 0.1) is 10.2 Å². The molecule has 20 heavy (non-hydrogen) atoms. The van der Waals surface area contributed by atoms with Crippen LogP contribution in [-0.4, -0.2) is 4.98 Å². The van der Waals surface area contributed by atoms with Crippen LogP contribution in [0.3, 0.4) is 0 Å². The number of benzene rings is 1. The first-order valence-corrected chi connectivity index (χ1v) is 7.72. The fraction of sp³-hybridized carbons (Fsp3) is 0.235. The third-order valence-corrected chi connectivity index (χ3v) is 4.37. The Labute approximate surface area is 123 Å². The van der Waals surface area contributed by atoms with E-state index in [4.69, 9.17) is 0 Å². The molecule has 0 aliphatic heterocycles. The van der Waals surface area contributed by atoms with Crippen molar-refractivity contribution >= 4 is 21.6 Å². The predicted molar refractivity (Wildman–Crippen MR) is 86.1 cm³/mol. The van der Waals surface area contributed by atoms with Crippen molar-refractivity contribution in [2.45, 2.75) is 26.4 Å². The number of rotatable bonds is 4. The summed E-state index contributed by atoms with van der Waals surface area (Å²) < 4.78 is 1.26. The molecule has 2 nitrogen and oxygen atoms in total. The number of hydrogen-bond acceptors (Lipinski definition) is 3. The van der Waals surface area contributed by atoms with Gasteiger partial charge in [-0.15, -0.1) is 11.3 Å². The van der Waals surface area contributed by atoms with Gasteiger partial charge < -0.3 is 5.32 Å². The lowest BCUT2D eigenvalue weighted by molar-refractivity contribution is 0.574. The summed E-state index contributed by atoms with van der Waals surface area (Å²) in [7, 11) is 0. The van der Waals surface area contributed by atoms with Gasteiger partial charge in [-0.25, -0.2) is 0 Å². The maximum absolute atomic E-state index is 4.50. The van der Waals surface area contributed by atoms with Gasteiger partial charge in [0.25, 0.3) is 0 Å². The molecule has 3 rings (SSSR count). The quantitative estimate of drug-likeness (QED) is 0.764. The Hall–Kier alpha value is -1.71. The summed E-state index contributed by atoms with van der Waals surface area (Å²) in [6.45, 7) is 5.19. The average Bonchev–Trinajstić information content (AvgIpc) is 2.92. The van der Waals surface area contributed by atoms with Crippen LogP contribution in [0, 0.1) is 6.92 Å². The first kappa shape index (κ1) is 13.3. The van der Waals surface area contributed by atoms with Crippen LogP contribution in [0.4, 0.5) is 0 Å². The van der Waals surface area contributed by atoms with Crippen LogP contribution < -0.4 is 5.32 Å². The molecule has 3 aromatic rings. The summed E-state index contributed by atoms with van der Waals surface area (Å²) in [5, 5.41) is 5.65. The molecule has 0 saturated heterocycles. The summed E-state index contributed by atoms with van der Waals surface area (Å²) in [6.07, 6.45) is 1.98. The van der Waals surface area contributed by atoms with E-state index in [1.54, 1.807) is 11.3 Å². The first-order valence-electron chi connectivity index (χ1n) is 6.84. The maximum Gasteiger partial charge on any atom is 0.0809 e. The van der Waals surface area contributed by atoms with Gasteiger partial charge in [0.15, 0.2) is 0 Å². The molecule has 0 spiro atoms. The van der Waals surface area contributed by atoms with Crippen molar-refractivity contribution in [3.8, 4) is 0 Å². The van der Waals surface area contributed by atoms with E-state index in [-0.39, 0.29) is 0 Å². The lowest BCUT2D eigenvalue weighted by Crippen LogP contribution is -2.18. The number of thiophene rings is 1. The molecule has 0 fully saturated rings. The van der Waals surface area contributed by atoms with Crippen LogP contribution in [0.2, 0.25) is 0 Å². The molecule has 102 valence electrons. The van der Waals surface area contributed by atoms with Crippen molar-refractivity contribution in [3.05, 3.63) is 64.7 Å². The molecule has 3 heteroatoms. The van der Waals surface area contributed by atoms with Crippen LogP contribution >= 0.6 is 11.3 Å². The molecule has 1 N–H and O–H groups in total. The van der Waals surface area contributed by atoms with E-state index in [0.717, 1.165) is 12.1 Å². The third-order valence-electron chi connectivity index (χ3n) is 3.52. The fourth-order valence-electron chi connectivity index (χ4n) is 2.31. The Balaban J connectivity index is 1.70. The topological polar surface area (TPSA) is 24.9 Å². The summed E-state index contributed by atoms with van der Waals surface area (Å²) in [5.41, 5.74) is 4.96.